The molecule has 4 aromatic rings. The molecule has 136 valence electrons. The fourth-order valence-corrected chi connectivity index (χ4v) is 3.45. The second-order valence-electron chi connectivity index (χ2n) is 6.20. The van der Waals surface area contributed by atoms with Crippen molar-refractivity contribution in [2.45, 2.75) is 19.9 Å². The number of amides is 1. The maximum absolute atomic E-state index is 13.4. The topological polar surface area (TPSA) is 68.0 Å². The highest BCUT2D eigenvalue weighted by atomic mass is 32.1. The Labute approximate surface area is 158 Å². The molecule has 0 aliphatic carbocycles. The third-order valence-electron chi connectivity index (χ3n) is 4.15. The van der Waals surface area contributed by atoms with Gasteiger partial charge in [-0.2, -0.15) is 0 Å². The predicted octanol–water partition coefficient (Wildman–Crippen LogP) is 4.89. The van der Waals surface area contributed by atoms with Crippen molar-refractivity contribution >= 4 is 28.3 Å². The van der Waals surface area contributed by atoms with Crippen LogP contribution in [-0.2, 0) is 0 Å². The lowest BCUT2D eigenvalue weighted by molar-refractivity contribution is 0.0939. The quantitative estimate of drug-likeness (QED) is 0.546. The molecule has 2 aromatic heterocycles. The SMILES string of the molecule is Cc1nc([C@@H](C)NC(=O)c2ccc3oc(-c4cccc(F)c4)nc3c2)cs1. The number of nitrogens with zero attached hydrogens (tertiary/aromatic N) is 2. The Morgan fingerprint density at radius 2 is 2.07 bits per heavy atom. The molecular formula is C20H16FN3O2S. The highest BCUT2D eigenvalue weighted by Gasteiger charge is 2.16. The van der Waals surface area contributed by atoms with Crippen LogP contribution in [0.25, 0.3) is 22.6 Å². The van der Waals surface area contributed by atoms with E-state index >= 15 is 0 Å². The molecule has 1 amide bonds. The average Bonchev–Trinajstić information content (AvgIpc) is 3.27. The molecule has 0 radical (unpaired) electrons. The van der Waals surface area contributed by atoms with Crippen molar-refractivity contribution < 1.29 is 13.6 Å². The lowest BCUT2D eigenvalue weighted by atomic mass is 10.1. The van der Waals surface area contributed by atoms with Crippen LogP contribution in [0.5, 0.6) is 0 Å². The van der Waals surface area contributed by atoms with Crippen molar-refractivity contribution in [3.05, 3.63) is 69.9 Å². The largest absolute Gasteiger partial charge is 0.436 e. The summed E-state index contributed by atoms with van der Waals surface area (Å²) in [4.78, 5) is 21.3. The van der Waals surface area contributed by atoms with Crippen LogP contribution in [0.1, 0.15) is 34.0 Å². The summed E-state index contributed by atoms with van der Waals surface area (Å²) in [5, 5.41) is 5.83. The third-order valence-corrected chi connectivity index (χ3v) is 4.94. The highest BCUT2D eigenvalue weighted by molar-refractivity contribution is 7.09. The van der Waals surface area contributed by atoms with Gasteiger partial charge in [-0.1, -0.05) is 6.07 Å². The number of carbonyl (C=O) groups excluding carboxylic acids is 1. The lowest BCUT2D eigenvalue weighted by Crippen LogP contribution is -2.26. The Bertz CT molecular complexity index is 1140. The number of benzene rings is 2. The second-order valence-corrected chi connectivity index (χ2v) is 7.26. The fourth-order valence-electron chi connectivity index (χ4n) is 2.75. The molecule has 1 N–H and O–H groups in total. The van der Waals surface area contributed by atoms with Gasteiger partial charge in [0.15, 0.2) is 5.58 Å². The second kappa shape index (κ2) is 6.92. The molecule has 2 aromatic carbocycles. The number of rotatable bonds is 4. The summed E-state index contributed by atoms with van der Waals surface area (Å²) in [5.41, 5.74) is 2.93. The Balaban J connectivity index is 1.58. The lowest BCUT2D eigenvalue weighted by Gasteiger charge is -2.11. The molecule has 0 spiro atoms. The maximum atomic E-state index is 13.4. The van der Waals surface area contributed by atoms with Gasteiger partial charge in [0.25, 0.3) is 5.91 Å². The highest BCUT2D eigenvalue weighted by Crippen LogP contribution is 2.25. The van der Waals surface area contributed by atoms with Gasteiger partial charge in [-0.25, -0.2) is 14.4 Å². The van der Waals surface area contributed by atoms with E-state index in [9.17, 15) is 9.18 Å². The molecule has 0 fully saturated rings. The first-order valence-electron chi connectivity index (χ1n) is 8.39. The van der Waals surface area contributed by atoms with Gasteiger partial charge in [0.1, 0.15) is 11.3 Å². The predicted molar refractivity (Wildman–Crippen MR) is 102 cm³/mol. The molecule has 7 heteroatoms. The van der Waals surface area contributed by atoms with E-state index in [0.717, 1.165) is 10.7 Å². The van der Waals surface area contributed by atoms with E-state index in [1.165, 1.54) is 12.1 Å². The number of carbonyl (C=O) groups is 1. The van der Waals surface area contributed by atoms with Gasteiger partial charge in [-0.05, 0) is 50.2 Å². The normalized spacial score (nSPS) is 12.3. The van der Waals surface area contributed by atoms with Crippen LogP contribution >= 0.6 is 11.3 Å². The number of nitrogens with one attached hydrogen (secondary N) is 1. The third kappa shape index (κ3) is 3.59. The molecule has 5 nitrogen and oxygen atoms in total. The van der Waals surface area contributed by atoms with E-state index in [2.05, 4.69) is 15.3 Å². The van der Waals surface area contributed by atoms with Crippen LogP contribution in [0.2, 0.25) is 0 Å². The molecule has 1 atom stereocenters. The number of fused-ring (bicyclic) bond motifs is 1. The van der Waals surface area contributed by atoms with Gasteiger partial charge in [0.2, 0.25) is 5.89 Å². The molecule has 0 aliphatic rings. The first-order valence-corrected chi connectivity index (χ1v) is 9.27. The zero-order valence-electron chi connectivity index (χ0n) is 14.7. The van der Waals surface area contributed by atoms with Gasteiger partial charge in [0.05, 0.1) is 16.7 Å². The fraction of sp³-hybridized carbons (Fsp3) is 0.150. The first kappa shape index (κ1) is 17.4. The molecule has 0 bridgehead atoms. The molecule has 27 heavy (non-hydrogen) atoms. The van der Waals surface area contributed by atoms with Crippen LogP contribution in [-0.4, -0.2) is 15.9 Å². The van der Waals surface area contributed by atoms with Crippen molar-refractivity contribution in [2.24, 2.45) is 0 Å². The number of aromatic nitrogens is 2. The Kier molecular flexibility index (Phi) is 4.45. The van der Waals surface area contributed by atoms with Crippen LogP contribution in [0.4, 0.5) is 4.39 Å². The van der Waals surface area contributed by atoms with E-state index < -0.39 is 0 Å². The number of thiazole rings is 1. The van der Waals surface area contributed by atoms with Crippen LogP contribution < -0.4 is 5.32 Å². The minimum Gasteiger partial charge on any atom is -0.436 e. The molecular weight excluding hydrogens is 365 g/mol. The minimum atomic E-state index is -0.360. The number of oxazole rings is 1. The summed E-state index contributed by atoms with van der Waals surface area (Å²) in [6.07, 6.45) is 0. The molecule has 0 aliphatic heterocycles. The summed E-state index contributed by atoms with van der Waals surface area (Å²) in [5.74, 6) is -0.264. The van der Waals surface area contributed by atoms with Crippen molar-refractivity contribution in [2.75, 3.05) is 0 Å². The minimum absolute atomic E-state index is 0.196. The monoisotopic (exact) mass is 381 g/mol. The smallest absolute Gasteiger partial charge is 0.251 e. The zero-order valence-corrected chi connectivity index (χ0v) is 15.5. The van der Waals surface area contributed by atoms with Crippen molar-refractivity contribution in [3.8, 4) is 11.5 Å². The summed E-state index contributed by atoms with van der Waals surface area (Å²) in [6.45, 7) is 3.82. The standard InChI is InChI=1S/C20H16FN3O2S/c1-11(17-10-27-12(2)23-17)22-19(25)13-6-7-18-16(9-13)24-20(26-18)14-4-3-5-15(21)8-14/h3-11H,1-2H3,(H,22,25)/t11-/m1/s1. The van der Waals surface area contributed by atoms with Crippen LogP contribution in [0, 0.1) is 12.7 Å². The number of hydrogen-bond acceptors (Lipinski definition) is 5. The van der Waals surface area contributed by atoms with E-state index in [1.807, 2.05) is 19.2 Å². The number of hydrogen-bond donors (Lipinski definition) is 1. The van der Waals surface area contributed by atoms with Gasteiger partial charge >= 0.3 is 0 Å². The average molecular weight is 381 g/mol. The van der Waals surface area contributed by atoms with Gasteiger partial charge < -0.3 is 9.73 Å². The van der Waals surface area contributed by atoms with Gasteiger partial charge in [0, 0.05) is 16.5 Å². The number of halogens is 1. The summed E-state index contributed by atoms with van der Waals surface area (Å²) in [6, 6.07) is 10.9. The van der Waals surface area contributed by atoms with Gasteiger partial charge in [-0.3, -0.25) is 4.79 Å². The molecule has 2 heterocycles. The van der Waals surface area contributed by atoms with Crippen molar-refractivity contribution in [3.63, 3.8) is 0 Å². The summed E-state index contributed by atoms with van der Waals surface area (Å²) in [7, 11) is 0. The summed E-state index contributed by atoms with van der Waals surface area (Å²) >= 11 is 1.55. The molecule has 0 unspecified atom stereocenters. The Morgan fingerprint density at radius 3 is 2.81 bits per heavy atom. The Morgan fingerprint density at radius 1 is 1.22 bits per heavy atom. The molecule has 4 rings (SSSR count). The first-order chi connectivity index (χ1) is 13.0. The van der Waals surface area contributed by atoms with Crippen LogP contribution in [0.3, 0.4) is 0 Å². The maximum Gasteiger partial charge on any atom is 0.251 e. The number of aryl methyl sites for hydroxylation is 1. The Hall–Kier alpha value is -3.06. The van der Waals surface area contributed by atoms with Crippen molar-refractivity contribution in [1.29, 1.82) is 0 Å². The zero-order chi connectivity index (χ0) is 19.0. The van der Waals surface area contributed by atoms with E-state index in [-0.39, 0.29) is 17.8 Å². The molecule has 0 saturated heterocycles. The van der Waals surface area contributed by atoms with E-state index in [1.54, 1.807) is 41.7 Å². The molecule has 0 saturated carbocycles. The van der Waals surface area contributed by atoms with E-state index in [0.29, 0.717) is 28.1 Å². The summed E-state index contributed by atoms with van der Waals surface area (Å²) < 4.78 is 19.1. The van der Waals surface area contributed by atoms with Crippen molar-refractivity contribution in [1.82, 2.24) is 15.3 Å². The van der Waals surface area contributed by atoms with E-state index in [4.69, 9.17) is 4.42 Å². The van der Waals surface area contributed by atoms with Gasteiger partial charge in [-0.15, -0.1) is 11.3 Å². The van der Waals surface area contributed by atoms with Crippen LogP contribution in [0.15, 0.2) is 52.3 Å².